The quantitative estimate of drug-likeness (QED) is 0.410. The summed E-state index contributed by atoms with van der Waals surface area (Å²) in [7, 11) is 0. The van der Waals surface area contributed by atoms with E-state index in [2.05, 4.69) is 15.6 Å². The Morgan fingerprint density at radius 3 is 2.36 bits per heavy atom. The van der Waals surface area contributed by atoms with Crippen LogP contribution >= 0.6 is 11.3 Å². The van der Waals surface area contributed by atoms with Gasteiger partial charge in [-0.15, -0.1) is 11.3 Å². The monoisotopic (exact) mass is 465 g/mol. The predicted octanol–water partition coefficient (Wildman–Crippen LogP) is 5.01. The number of carbonyl (C=O) groups excluding carboxylic acids is 3. The van der Waals surface area contributed by atoms with E-state index in [9.17, 15) is 14.4 Å². The van der Waals surface area contributed by atoms with E-state index in [1.165, 1.54) is 18.3 Å². The molecular weight excluding hydrogens is 438 g/mol. The second-order valence-electron chi connectivity index (χ2n) is 7.51. The molecule has 3 aromatic rings. The first-order chi connectivity index (χ1) is 15.9. The van der Waals surface area contributed by atoms with Crippen molar-refractivity contribution in [3.63, 3.8) is 0 Å². The first-order valence-electron chi connectivity index (χ1n) is 10.7. The molecule has 0 saturated heterocycles. The molecule has 0 aliphatic heterocycles. The van der Waals surface area contributed by atoms with E-state index in [0.29, 0.717) is 23.1 Å². The number of Topliss-reactive ketones (excluding diaryl/α,β-unsaturated/α-hetero) is 1. The number of amides is 2. The standard InChI is InChI=1S/C25H27N3O4S/c1-4-32-21-11-9-20(10-12-21)23(30)13-14-24(31)28-25-27-22(15-33-25)19-7-5-18(6-8-19)16(2)26-17(3)29/h5-12,15-16H,4,13-14H2,1-3H3,(H,26,29)(H,27,28,31). The molecule has 33 heavy (non-hydrogen) atoms. The number of ether oxygens (including phenoxy) is 1. The zero-order valence-electron chi connectivity index (χ0n) is 18.9. The molecule has 172 valence electrons. The van der Waals surface area contributed by atoms with Gasteiger partial charge in [0.2, 0.25) is 11.8 Å². The van der Waals surface area contributed by atoms with Gasteiger partial charge in [-0.2, -0.15) is 0 Å². The summed E-state index contributed by atoms with van der Waals surface area (Å²) >= 11 is 1.33. The number of anilines is 1. The van der Waals surface area contributed by atoms with Crippen LogP contribution in [0.3, 0.4) is 0 Å². The normalized spacial score (nSPS) is 11.5. The number of nitrogens with one attached hydrogen (secondary N) is 2. The van der Waals surface area contributed by atoms with Crippen LogP contribution in [0.15, 0.2) is 53.9 Å². The number of aromatic nitrogens is 1. The lowest BCUT2D eigenvalue weighted by atomic mass is 10.1. The number of hydrogen-bond acceptors (Lipinski definition) is 6. The zero-order valence-corrected chi connectivity index (χ0v) is 19.7. The number of thiazole rings is 1. The minimum atomic E-state index is -0.255. The molecule has 0 bridgehead atoms. The van der Waals surface area contributed by atoms with Gasteiger partial charge in [0.25, 0.3) is 0 Å². The maximum Gasteiger partial charge on any atom is 0.226 e. The van der Waals surface area contributed by atoms with E-state index < -0.39 is 0 Å². The van der Waals surface area contributed by atoms with Crippen LogP contribution in [0.4, 0.5) is 5.13 Å². The van der Waals surface area contributed by atoms with Crippen LogP contribution in [0.5, 0.6) is 5.75 Å². The highest BCUT2D eigenvalue weighted by atomic mass is 32.1. The zero-order chi connectivity index (χ0) is 23.8. The van der Waals surface area contributed by atoms with Crippen molar-refractivity contribution < 1.29 is 19.1 Å². The van der Waals surface area contributed by atoms with E-state index in [1.54, 1.807) is 24.3 Å². The fourth-order valence-electron chi connectivity index (χ4n) is 3.25. The Morgan fingerprint density at radius 1 is 1.03 bits per heavy atom. The van der Waals surface area contributed by atoms with Gasteiger partial charge < -0.3 is 15.4 Å². The van der Waals surface area contributed by atoms with Crippen molar-refractivity contribution in [3.05, 3.63) is 65.0 Å². The molecule has 7 nitrogen and oxygen atoms in total. The lowest BCUT2D eigenvalue weighted by molar-refractivity contribution is -0.119. The molecule has 0 radical (unpaired) electrons. The fraction of sp³-hybridized carbons (Fsp3) is 0.280. The smallest absolute Gasteiger partial charge is 0.226 e. The second-order valence-corrected chi connectivity index (χ2v) is 8.37. The average molecular weight is 466 g/mol. The van der Waals surface area contributed by atoms with Crippen molar-refractivity contribution in [2.75, 3.05) is 11.9 Å². The highest BCUT2D eigenvalue weighted by molar-refractivity contribution is 7.14. The molecule has 1 unspecified atom stereocenters. The number of nitrogens with zero attached hydrogens (tertiary/aromatic N) is 1. The van der Waals surface area contributed by atoms with E-state index in [-0.39, 0.29) is 36.5 Å². The van der Waals surface area contributed by atoms with Gasteiger partial charge in [-0.25, -0.2) is 4.98 Å². The number of hydrogen-bond donors (Lipinski definition) is 2. The van der Waals surface area contributed by atoms with Gasteiger partial charge in [-0.3, -0.25) is 14.4 Å². The molecule has 0 spiro atoms. The maximum atomic E-state index is 12.3. The summed E-state index contributed by atoms with van der Waals surface area (Å²) in [6.45, 7) is 5.88. The predicted molar refractivity (Wildman–Crippen MR) is 130 cm³/mol. The minimum absolute atomic E-state index is 0.0763. The first kappa shape index (κ1) is 24.1. The molecule has 0 fully saturated rings. The Hall–Kier alpha value is -3.52. The summed E-state index contributed by atoms with van der Waals surface area (Å²) < 4.78 is 5.37. The van der Waals surface area contributed by atoms with Gasteiger partial charge in [0.1, 0.15) is 5.75 Å². The number of benzene rings is 2. The average Bonchev–Trinajstić information content (AvgIpc) is 3.26. The molecule has 2 amide bonds. The van der Waals surface area contributed by atoms with Crippen molar-refractivity contribution in [1.29, 1.82) is 0 Å². The van der Waals surface area contributed by atoms with Gasteiger partial charge in [-0.05, 0) is 43.7 Å². The Balaban J connectivity index is 1.52. The Labute approximate surface area is 197 Å². The lowest BCUT2D eigenvalue weighted by Gasteiger charge is -2.13. The molecule has 1 heterocycles. The van der Waals surface area contributed by atoms with Crippen molar-refractivity contribution in [2.45, 2.75) is 39.7 Å². The Kier molecular flexibility index (Phi) is 8.32. The molecule has 8 heteroatoms. The topological polar surface area (TPSA) is 97.4 Å². The molecule has 1 aromatic heterocycles. The maximum absolute atomic E-state index is 12.3. The molecule has 2 aromatic carbocycles. The Bertz CT molecular complexity index is 1110. The van der Waals surface area contributed by atoms with Crippen LogP contribution in [0.25, 0.3) is 11.3 Å². The third-order valence-corrected chi connectivity index (χ3v) is 5.70. The second kappa shape index (κ2) is 11.4. The van der Waals surface area contributed by atoms with Gasteiger partial charge in [0.05, 0.1) is 18.3 Å². The van der Waals surface area contributed by atoms with E-state index in [1.807, 2.05) is 43.5 Å². The minimum Gasteiger partial charge on any atom is -0.494 e. The summed E-state index contributed by atoms with van der Waals surface area (Å²) in [5.41, 5.74) is 3.21. The number of carbonyl (C=O) groups is 3. The van der Waals surface area contributed by atoms with Crippen LogP contribution in [0, 0.1) is 0 Å². The van der Waals surface area contributed by atoms with Gasteiger partial charge in [-0.1, -0.05) is 24.3 Å². The van der Waals surface area contributed by atoms with Crippen molar-refractivity contribution >= 4 is 34.1 Å². The number of ketones is 1. The third kappa shape index (κ3) is 6.98. The first-order valence-corrected chi connectivity index (χ1v) is 11.6. The lowest BCUT2D eigenvalue weighted by Crippen LogP contribution is -2.23. The summed E-state index contributed by atoms with van der Waals surface area (Å²) in [4.78, 5) is 40.3. The molecule has 2 N–H and O–H groups in total. The summed E-state index contributed by atoms with van der Waals surface area (Å²) in [5.74, 6) is 0.284. The van der Waals surface area contributed by atoms with Crippen LogP contribution in [-0.2, 0) is 9.59 Å². The summed E-state index contributed by atoms with van der Waals surface area (Å²) in [6.07, 6.45) is 0.197. The molecule has 0 saturated carbocycles. The molecular formula is C25H27N3O4S. The SMILES string of the molecule is CCOc1ccc(C(=O)CCC(=O)Nc2nc(-c3ccc(C(C)NC(C)=O)cc3)cs2)cc1. The van der Waals surface area contributed by atoms with Gasteiger partial charge in [0, 0.05) is 36.3 Å². The number of rotatable bonds is 10. The summed E-state index contributed by atoms with van der Waals surface area (Å²) in [6, 6.07) is 14.6. The molecule has 3 rings (SSSR count). The molecule has 0 aliphatic rings. The third-order valence-electron chi connectivity index (χ3n) is 4.94. The molecule has 0 aliphatic carbocycles. The van der Waals surface area contributed by atoms with Crippen molar-refractivity contribution in [3.8, 4) is 17.0 Å². The van der Waals surface area contributed by atoms with E-state index >= 15 is 0 Å². The van der Waals surface area contributed by atoms with Crippen LogP contribution in [-0.4, -0.2) is 29.2 Å². The van der Waals surface area contributed by atoms with Crippen LogP contribution in [0.2, 0.25) is 0 Å². The molecule has 1 atom stereocenters. The van der Waals surface area contributed by atoms with E-state index in [0.717, 1.165) is 16.8 Å². The van der Waals surface area contributed by atoms with Crippen LogP contribution in [0.1, 0.15) is 55.6 Å². The van der Waals surface area contributed by atoms with E-state index in [4.69, 9.17) is 4.74 Å². The highest BCUT2D eigenvalue weighted by Gasteiger charge is 2.13. The highest BCUT2D eigenvalue weighted by Crippen LogP contribution is 2.26. The van der Waals surface area contributed by atoms with Gasteiger partial charge >= 0.3 is 0 Å². The van der Waals surface area contributed by atoms with Crippen molar-refractivity contribution in [1.82, 2.24) is 10.3 Å². The van der Waals surface area contributed by atoms with Crippen molar-refractivity contribution in [2.24, 2.45) is 0 Å². The van der Waals surface area contributed by atoms with Gasteiger partial charge in [0.15, 0.2) is 10.9 Å². The Morgan fingerprint density at radius 2 is 1.73 bits per heavy atom. The van der Waals surface area contributed by atoms with Crippen LogP contribution < -0.4 is 15.4 Å². The fourth-order valence-corrected chi connectivity index (χ4v) is 3.99. The largest absolute Gasteiger partial charge is 0.494 e. The summed E-state index contributed by atoms with van der Waals surface area (Å²) in [5, 5.41) is 7.97.